The molecule has 5 rings (SSSR count). The van der Waals surface area contributed by atoms with Crippen molar-refractivity contribution in [2.24, 2.45) is 0 Å². The van der Waals surface area contributed by atoms with Crippen LogP contribution in [0, 0.1) is 13.8 Å². The van der Waals surface area contributed by atoms with Crippen molar-refractivity contribution in [2.45, 2.75) is 20.4 Å². The van der Waals surface area contributed by atoms with Gasteiger partial charge in [-0.25, -0.2) is 15.0 Å². The summed E-state index contributed by atoms with van der Waals surface area (Å²) >= 11 is 0. The monoisotopic (exact) mass is 327 g/mol. The Balaban J connectivity index is 1.89. The molecule has 0 aliphatic heterocycles. The van der Waals surface area contributed by atoms with Crippen molar-refractivity contribution in [1.29, 1.82) is 0 Å². The lowest BCUT2D eigenvalue weighted by Gasteiger charge is -2.06. The van der Waals surface area contributed by atoms with Gasteiger partial charge in [-0.1, -0.05) is 18.2 Å². The van der Waals surface area contributed by atoms with Gasteiger partial charge in [-0.2, -0.15) is 0 Å². The van der Waals surface area contributed by atoms with Crippen LogP contribution in [0.2, 0.25) is 0 Å². The zero-order valence-corrected chi connectivity index (χ0v) is 14.1. The first kappa shape index (κ1) is 14.2. The van der Waals surface area contributed by atoms with Crippen molar-refractivity contribution < 1.29 is 0 Å². The highest BCUT2D eigenvalue weighted by Gasteiger charge is 2.15. The first-order valence-corrected chi connectivity index (χ1v) is 8.35. The van der Waals surface area contributed by atoms with Gasteiger partial charge in [0.25, 0.3) is 0 Å². The normalized spacial score (nSPS) is 11.8. The van der Waals surface area contributed by atoms with Gasteiger partial charge in [-0.05, 0) is 43.2 Å². The Morgan fingerprint density at radius 2 is 1.76 bits per heavy atom. The van der Waals surface area contributed by atoms with E-state index in [1.54, 1.807) is 6.20 Å². The predicted octanol–water partition coefficient (Wildman–Crippen LogP) is 4.13. The number of H-pyrrole nitrogens is 1. The second-order valence-corrected chi connectivity index (χ2v) is 6.46. The Bertz CT molecular complexity index is 1230. The summed E-state index contributed by atoms with van der Waals surface area (Å²) in [4.78, 5) is 17.4. The van der Waals surface area contributed by atoms with Crippen LogP contribution >= 0.6 is 0 Å². The maximum Gasteiger partial charge on any atom is 0.160 e. The molecule has 0 atom stereocenters. The van der Waals surface area contributed by atoms with E-state index in [1.807, 2.05) is 18.3 Å². The Morgan fingerprint density at radius 3 is 2.52 bits per heavy atom. The number of hydrogen-bond acceptors (Lipinski definition) is 3. The first-order chi connectivity index (χ1) is 12.2. The topological polar surface area (TPSA) is 59.4 Å². The molecule has 1 N–H and O–H groups in total. The lowest BCUT2D eigenvalue weighted by Crippen LogP contribution is -2.02. The van der Waals surface area contributed by atoms with Crippen LogP contribution in [0.1, 0.15) is 17.0 Å². The molecule has 0 saturated heterocycles. The van der Waals surface area contributed by atoms with Gasteiger partial charge in [-0.3, -0.25) is 0 Å². The van der Waals surface area contributed by atoms with E-state index in [0.29, 0.717) is 6.54 Å². The van der Waals surface area contributed by atoms with Gasteiger partial charge in [0, 0.05) is 17.8 Å². The molecule has 122 valence electrons. The van der Waals surface area contributed by atoms with E-state index in [9.17, 15) is 0 Å². The smallest absolute Gasteiger partial charge is 0.160 e. The molecule has 5 heteroatoms. The molecule has 2 aromatic carbocycles. The minimum absolute atomic E-state index is 0.641. The van der Waals surface area contributed by atoms with E-state index >= 15 is 0 Å². The fraction of sp³-hybridized carbons (Fsp3) is 0.150. The Morgan fingerprint density at radius 1 is 1.00 bits per heavy atom. The molecule has 0 unspecified atom stereocenters. The van der Waals surface area contributed by atoms with Crippen LogP contribution in [0.25, 0.3) is 33.1 Å². The molecule has 0 fully saturated rings. The summed E-state index contributed by atoms with van der Waals surface area (Å²) in [5.41, 5.74) is 7.30. The SMILES string of the molecule is Cc1cc2nc3c4ccccc4n(Cc4ncc[nH]4)c3nc2cc1C. The highest BCUT2D eigenvalue weighted by atomic mass is 15.1. The lowest BCUT2D eigenvalue weighted by atomic mass is 10.1. The Kier molecular flexibility index (Phi) is 2.91. The minimum Gasteiger partial charge on any atom is -0.347 e. The zero-order valence-electron chi connectivity index (χ0n) is 14.1. The van der Waals surface area contributed by atoms with Crippen LogP contribution in [0.3, 0.4) is 0 Å². The molecule has 0 radical (unpaired) electrons. The predicted molar refractivity (Wildman–Crippen MR) is 99.7 cm³/mol. The van der Waals surface area contributed by atoms with Crippen LogP contribution in [0.5, 0.6) is 0 Å². The van der Waals surface area contributed by atoms with Gasteiger partial charge in [0.05, 0.1) is 23.1 Å². The van der Waals surface area contributed by atoms with Gasteiger partial charge in [-0.15, -0.1) is 0 Å². The number of aromatic nitrogens is 5. The number of nitrogens with zero attached hydrogens (tertiary/aromatic N) is 4. The number of hydrogen-bond donors (Lipinski definition) is 1. The summed E-state index contributed by atoms with van der Waals surface area (Å²) in [5, 5.41) is 1.12. The Hall–Kier alpha value is -3.21. The summed E-state index contributed by atoms with van der Waals surface area (Å²) in [6.45, 7) is 4.86. The van der Waals surface area contributed by atoms with Gasteiger partial charge >= 0.3 is 0 Å². The van der Waals surface area contributed by atoms with E-state index in [2.05, 4.69) is 52.6 Å². The van der Waals surface area contributed by atoms with Crippen molar-refractivity contribution in [3.05, 3.63) is 65.7 Å². The molecule has 3 heterocycles. The molecule has 0 saturated carbocycles. The molecule has 0 amide bonds. The maximum absolute atomic E-state index is 4.96. The molecule has 3 aromatic heterocycles. The van der Waals surface area contributed by atoms with E-state index < -0.39 is 0 Å². The number of rotatable bonds is 2. The zero-order chi connectivity index (χ0) is 17.0. The number of para-hydroxylation sites is 1. The highest BCUT2D eigenvalue weighted by Crippen LogP contribution is 2.29. The second kappa shape index (κ2) is 5.14. The molecule has 0 aliphatic rings. The van der Waals surface area contributed by atoms with Gasteiger partial charge in [0.1, 0.15) is 11.3 Å². The summed E-state index contributed by atoms with van der Waals surface area (Å²) in [6, 6.07) is 12.6. The fourth-order valence-corrected chi connectivity index (χ4v) is 3.39. The summed E-state index contributed by atoms with van der Waals surface area (Å²) in [7, 11) is 0. The van der Waals surface area contributed by atoms with Crippen molar-refractivity contribution >= 4 is 33.1 Å². The average Bonchev–Trinajstić information content (AvgIpc) is 3.22. The van der Waals surface area contributed by atoms with Crippen LogP contribution < -0.4 is 0 Å². The van der Waals surface area contributed by atoms with Crippen molar-refractivity contribution in [2.75, 3.05) is 0 Å². The van der Waals surface area contributed by atoms with E-state index in [1.165, 1.54) is 11.1 Å². The number of aromatic amines is 1. The van der Waals surface area contributed by atoms with Gasteiger partial charge in [0.2, 0.25) is 0 Å². The summed E-state index contributed by atoms with van der Waals surface area (Å²) in [6.07, 6.45) is 3.62. The largest absolute Gasteiger partial charge is 0.347 e. The summed E-state index contributed by atoms with van der Waals surface area (Å²) < 4.78 is 2.19. The second-order valence-electron chi connectivity index (χ2n) is 6.46. The van der Waals surface area contributed by atoms with E-state index in [0.717, 1.165) is 38.9 Å². The minimum atomic E-state index is 0.641. The third kappa shape index (κ3) is 2.12. The number of nitrogens with one attached hydrogen (secondary N) is 1. The molecular weight excluding hydrogens is 310 g/mol. The molecule has 25 heavy (non-hydrogen) atoms. The molecule has 0 bridgehead atoms. The third-order valence-corrected chi connectivity index (χ3v) is 4.83. The molecule has 5 nitrogen and oxygen atoms in total. The molecule has 0 spiro atoms. The van der Waals surface area contributed by atoms with Crippen LogP contribution in [-0.4, -0.2) is 24.5 Å². The van der Waals surface area contributed by atoms with E-state index in [-0.39, 0.29) is 0 Å². The van der Waals surface area contributed by atoms with Crippen molar-refractivity contribution in [3.8, 4) is 0 Å². The molecular formula is C20H17N5. The number of benzene rings is 2. The first-order valence-electron chi connectivity index (χ1n) is 8.35. The van der Waals surface area contributed by atoms with Crippen LogP contribution in [0.4, 0.5) is 0 Å². The third-order valence-electron chi connectivity index (χ3n) is 4.83. The Labute approximate surface area is 144 Å². The van der Waals surface area contributed by atoms with Gasteiger partial charge in [0.15, 0.2) is 5.65 Å². The highest BCUT2D eigenvalue weighted by molar-refractivity contribution is 6.06. The fourth-order valence-electron chi connectivity index (χ4n) is 3.39. The van der Waals surface area contributed by atoms with E-state index in [4.69, 9.17) is 9.97 Å². The standard InChI is InChI=1S/C20H17N5/c1-12-9-15-16(10-13(12)2)24-20-19(23-15)14-5-3-4-6-17(14)25(20)11-18-21-7-8-22-18/h3-10H,11H2,1-2H3,(H,21,22). The number of fused-ring (bicyclic) bond motifs is 4. The lowest BCUT2D eigenvalue weighted by molar-refractivity contribution is 0.803. The van der Waals surface area contributed by atoms with Crippen molar-refractivity contribution in [1.82, 2.24) is 24.5 Å². The maximum atomic E-state index is 4.96. The van der Waals surface area contributed by atoms with Crippen molar-refractivity contribution in [3.63, 3.8) is 0 Å². The average molecular weight is 327 g/mol. The molecule has 5 aromatic rings. The van der Waals surface area contributed by atoms with Gasteiger partial charge < -0.3 is 9.55 Å². The number of imidazole rings is 1. The molecule has 0 aliphatic carbocycles. The van der Waals surface area contributed by atoms with Crippen LogP contribution in [0.15, 0.2) is 48.8 Å². The summed E-state index contributed by atoms with van der Waals surface area (Å²) in [5.74, 6) is 0.907. The number of aryl methyl sites for hydroxylation is 2. The quantitative estimate of drug-likeness (QED) is 0.530. The van der Waals surface area contributed by atoms with Crippen LogP contribution in [-0.2, 0) is 6.54 Å².